The van der Waals surface area contributed by atoms with E-state index in [-0.39, 0.29) is 6.10 Å². The molecule has 0 aromatic heterocycles. The van der Waals surface area contributed by atoms with Crippen LogP contribution in [0.25, 0.3) is 0 Å². The smallest absolute Gasteiger partial charge is 0.119 e. The van der Waals surface area contributed by atoms with E-state index in [1.54, 1.807) is 7.11 Å². The van der Waals surface area contributed by atoms with E-state index in [4.69, 9.17) is 4.74 Å². The van der Waals surface area contributed by atoms with Crippen LogP contribution < -0.4 is 4.74 Å². The molecule has 1 aromatic rings. The number of nitrogens with zero attached hydrogens (tertiary/aromatic N) is 1. The average molecular weight is 277 g/mol. The second kappa shape index (κ2) is 7.65. The van der Waals surface area contributed by atoms with Crippen molar-refractivity contribution in [3.05, 3.63) is 29.8 Å². The topological polar surface area (TPSA) is 32.7 Å². The van der Waals surface area contributed by atoms with Crippen LogP contribution in [-0.2, 0) is 6.42 Å². The summed E-state index contributed by atoms with van der Waals surface area (Å²) in [5, 5.41) is 9.72. The number of aliphatic hydroxyl groups is 1. The molecule has 1 N–H and O–H groups in total. The van der Waals surface area contributed by atoms with Gasteiger partial charge in [-0.1, -0.05) is 12.1 Å². The van der Waals surface area contributed by atoms with Crippen molar-refractivity contribution in [3.8, 4) is 5.75 Å². The van der Waals surface area contributed by atoms with Crippen LogP contribution in [0.3, 0.4) is 0 Å². The Bertz CT molecular complexity index is 406. The molecule has 1 aromatic carbocycles. The summed E-state index contributed by atoms with van der Waals surface area (Å²) in [7, 11) is 1.71. The Hall–Kier alpha value is -1.06. The van der Waals surface area contributed by atoms with Crippen molar-refractivity contribution < 1.29 is 9.84 Å². The molecule has 0 bridgehead atoms. The Morgan fingerprint density at radius 2 is 2.30 bits per heavy atom. The maximum Gasteiger partial charge on any atom is 0.119 e. The van der Waals surface area contributed by atoms with Crippen LogP contribution >= 0.6 is 0 Å². The van der Waals surface area contributed by atoms with Gasteiger partial charge in [-0.15, -0.1) is 0 Å². The molecular formula is C17H27NO2. The van der Waals surface area contributed by atoms with Crippen molar-refractivity contribution in [1.82, 2.24) is 4.90 Å². The molecule has 3 nitrogen and oxygen atoms in total. The van der Waals surface area contributed by atoms with E-state index < -0.39 is 0 Å². The van der Waals surface area contributed by atoms with Crippen LogP contribution in [0.5, 0.6) is 5.75 Å². The lowest BCUT2D eigenvalue weighted by molar-refractivity contribution is 0.0625. The molecule has 2 rings (SSSR count). The molecule has 1 saturated heterocycles. The van der Waals surface area contributed by atoms with Crippen LogP contribution in [0.4, 0.5) is 0 Å². The average Bonchev–Trinajstić information content (AvgIpc) is 2.48. The van der Waals surface area contributed by atoms with E-state index in [0.29, 0.717) is 5.92 Å². The van der Waals surface area contributed by atoms with Crippen LogP contribution in [0, 0.1) is 5.92 Å². The van der Waals surface area contributed by atoms with E-state index >= 15 is 0 Å². The molecular weight excluding hydrogens is 250 g/mol. The lowest BCUT2D eigenvalue weighted by Crippen LogP contribution is -2.40. The van der Waals surface area contributed by atoms with Gasteiger partial charge in [0.25, 0.3) is 0 Å². The van der Waals surface area contributed by atoms with E-state index in [0.717, 1.165) is 25.3 Å². The number of aryl methyl sites for hydroxylation is 1. The van der Waals surface area contributed by atoms with Crippen LogP contribution in [0.15, 0.2) is 24.3 Å². The van der Waals surface area contributed by atoms with Gasteiger partial charge >= 0.3 is 0 Å². The molecule has 2 atom stereocenters. The number of methoxy groups -OCH3 is 1. The summed E-state index contributed by atoms with van der Waals surface area (Å²) in [6.07, 6.45) is 4.47. The Kier molecular flexibility index (Phi) is 5.86. The minimum atomic E-state index is -0.170. The summed E-state index contributed by atoms with van der Waals surface area (Å²) in [5.74, 6) is 1.40. The number of likely N-dealkylation sites (tertiary alicyclic amines) is 1. The van der Waals surface area contributed by atoms with Crippen LogP contribution in [-0.4, -0.2) is 42.9 Å². The van der Waals surface area contributed by atoms with Gasteiger partial charge in [-0.2, -0.15) is 0 Å². The fourth-order valence-electron chi connectivity index (χ4n) is 3.02. The quantitative estimate of drug-likeness (QED) is 0.868. The molecule has 3 heteroatoms. The zero-order valence-electron chi connectivity index (χ0n) is 12.7. The van der Waals surface area contributed by atoms with Gasteiger partial charge in [0, 0.05) is 6.54 Å². The molecule has 0 amide bonds. The summed E-state index contributed by atoms with van der Waals surface area (Å²) in [6.45, 7) is 5.28. The minimum Gasteiger partial charge on any atom is -0.497 e. The molecule has 112 valence electrons. The number of rotatable bonds is 6. The first-order chi connectivity index (χ1) is 9.69. The van der Waals surface area contributed by atoms with Gasteiger partial charge in [0.15, 0.2) is 0 Å². The first-order valence-electron chi connectivity index (χ1n) is 7.72. The number of piperidine rings is 1. The third-order valence-electron chi connectivity index (χ3n) is 4.30. The van der Waals surface area contributed by atoms with Crippen molar-refractivity contribution in [1.29, 1.82) is 0 Å². The normalized spacial score (nSPS) is 21.6. The lowest BCUT2D eigenvalue weighted by Gasteiger charge is -2.34. The van der Waals surface area contributed by atoms with Gasteiger partial charge in [0.2, 0.25) is 0 Å². The summed E-state index contributed by atoms with van der Waals surface area (Å²) >= 11 is 0. The zero-order chi connectivity index (χ0) is 14.4. The molecule has 1 heterocycles. The van der Waals surface area contributed by atoms with Gasteiger partial charge < -0.3 is 14.7 Å². The van der Waals surface area contributed by atoms with Gasteiger partial charge in [-0.3, -0.25) is 0 Å². The third kappa shape index (κ3) is 4.50. The zero-order valence-corrected chi connectivity index (χ0v) is 12.7. The largest absolute Gasteiger partial charge is 0.497 e. The molecule has 1 aliphatic rings. The van der Waals surface area contributed by atoms with Gasteiger partial charge in [0.05, 0.1) is 13.2 Å². The fourth-order valence-corrected chi connectivity index (χ4v) is 3.02. The van der Waals surface area contributed by atoms with Crippen LogP contribution in [0.1, 0.15) is 31.7 Å². The Balaban J connectivity index is 1.75. The fraction of sp³-hybridized carbons (Fsp3) is 0.647. The molecule has 0 spiro atoms. The van der Waals surface area contributed by atoms with E-state index in [9.17, 15) is 5.11 Å². The maximum atomic E-state index is 9.72. The Labute approximate surface area is 122 Å². The highest BCUT2D eigenvalue weighted by Gasteiger charge is 2.22. The number of hydrogen-bond acceptors (Lipinski definition) is 3. The van der Waals surface area contributed by atoms with E-state index in [1.165, 1.54) is 31.4 Å². The number of ether oxygens (including phenoxy) is 1. The van der Waals surface area contributed by atoms with E-state index in [2.05, 4.69) is 23.1 Å². The minimum absolute atomic E-state index is 0.170. The number of hydrogen-bond donors (Lipinski definition) is 1. The standard InChI is InChI=1S/C17H27NO2/c1-14(19)16-8-5-11-18(13-16)10-4-7-15-6-3-9-17(12-15)20-2/h3,6,9,12,14,16,19H,4-5,7-8,10-11,13H2,1-2H3. The van der Waals surface area contributed by atoms with Crippen molar-refractivity contribution in [3.63, 3.8) is 0 Å². The lowest BCUT2D eigenvalue weighted by atomic mass is 9.93. The van der Waals surface area contributed by atoms with Crippen molar-refractivity contribution in [2.45, 2.75) is 38.7 Å². The predicted molar refractivity (Wildman–Crippen MR) is 82.2 cm³/mol. The van der Waals surface area contributed by atoms with Crippen molar-refractivity contribution in [2.24, 2.45) is 5.92 Å². The Morgan fingerprint density at radius 1 is 1.45 bits per heavy atom. The number of benzene rings is 1. The maximum absolute atomic E-state index is 9.72. The summed E-state index contributed by atoms with van der Waals surface area (Å²) < 4.78 is 5.25. The molecule has 1 aliphatic heterocycles. The molecule has 0 aliphatic carbocycles. The van der Waals surface area contributed by atoms with Crippen molar-refractivity contribution >= 4 is 0 Å². The first kappa shape index (κ1) is 15.3. The second-order valence-corrected chi connectivity index (χ2v) is 5.90. The van der Waals surface area contributed by atoms with Crippen molar-refractivity contribution in [2.75, 3.05) is 26.7 Å². The highest BCUT2D eigenvalue weighted by atomic mass is 16.5. The van der Waals surface area contributed by atoms with Gasteiger partial charge in [-0.25, -0.2) is 0 Å². The molecule has 20 heavy (non-hydrogen) atoms. The highest BCUT2D eigenvalue weighted by molar-refractivity contribution is 5.28. The molecule has 0 radical (unpaired) electrons. The molecule has 1 fully saturated rings. The van der Waals surface area contributed by atoms with Crippen LogP contribution in [0.2, 0.25) is 0 Å². The summed E-state index contributed by atoms with van der Waals surface area (Å²) in [6, 6.07) is 8.33. The summed E-state index contributed by atoms with van der Waals surface area (Å²) in [5.41, 5.74) is 1.34. The number of aliphatic hydroxyl groups excluding tert-OH is 1. The van der Waals surface area contributed by atoms with E-state index in [1.807, 2.05) is 13.0 Å². The first-order valence-corrected chi connectivity index (χ1v) is 7.72. The predicted octanol–water partition coefficient (Wildman–Crippen LogP) is 2.72. The second-order valence-electron chi connectivity index (χ2n) is 5.90. The summed E-state index contributed by atoms with van der Waals surface area (Å²) in [4.78, 5) is 2.50. The van der Waals surface area contributed by atoms with Gasteiger partial charge in [-0.05, 0) is 69.3 Å². The molecule has 2 unspecified atom stereocenters. The monoisotopic (exact) mass is 277 g/mol. The SMILES string of the molecule is COc1cccc(CCCN2CCCC(C(C)O)C2)c1. The highest BCUT2D eigenvalue weighted by Crippen LogP contribution is 2.20. The third-order valence-corrected chi connectivity index (χ3v) is 4.30. The molecule has 0 saturated carbocycles. The Morgan fingerprint density at radius 3 is 3.05 bits per heavy atom. The van der Waals surface area contributed by atoms with Gasteiger partial charge in [0.1, 0.15) is 5.75 Å².